The highest BCUT2D eigenvalue weighted by molar-refractivity contribution is 7.92. The number of hydrogen-bond donors (Lipinski definition) is 3. The van der Waals surface area contributed by atoms with Crippen molar-refractivity contribution in [1.82, 2.24) is 4.90 Å². The van der Waals surface area contributed by atoms with Crippen LogP contribution in [0.5, 0.6) is 0 Å². The lowest BCUT2D eigenvalue weighted by Crippen LogP contribution is -2.37. The van der Waals surface area contributed by atoms with Crippen LogP contribution in [0.15, 0.2) is 24.3 Å². The number of hydrogen-bond acceptors (Lipinski definition) is 4. The zero-order valence-electron chi connectivity index (χ0n) is 15.0. The number of benzene rings is 1. The maximum absolute atomic E-state index is 12.3. The average molecular weight is 383 g/mol. The first-order valence-electron chi connectivity index (χ1n) is 8.55. The van der Waals surface area contributed by atoms with E-state index in [2.05, 4.69) is 10.0 Å². The maximum Gasteiger partial charge on any atom is 0.321 e. The fourth-order valence-electron chi connectivity index (χ4n) is 2.70. The van der Waals surface area contributed by atoms with Crippen LogP contribution in [0.2, 0.25) is 0 Å². The van der Waals surface area contributed by atoms with E-state index in [1.54, 1.807) is 31.2 Å². The fourth-order valence-corrected chi connectivity index (χ4v) is 3.96. The van der Waals surface area contributed by atoms with Gasteiger partial charge < -0.3 is 15.3 Å². The van der Waals surface area contributed by atoms with Gasteiger partial charge in [0.25, 0.3) is 0 Å². The third kappa shape index (κ3) is 5.10. The summed E-state index contributed by atoms with van der Waals surface area (Å²) >= 11 is 0. The molecule has 2 rings (SSSR count). The highest BCUT2D eigenvalue weighted by Gasteiger charge is 2.42. The van der Waals surface area contributed by atoms with E-state index >= 15 is 0 Å². The number of aliphatic carboxylic acids is 1. The molecule has 1 aromatic carbocycles. The van der Waals surface area contributed by atoms with Crippen molar-refractivity contribution in [3.63, 3.8) is 0 Å². The summed E-state index contributed by atoms with van der Waals surface area (Å²) in [5.41, 5.74) is 0.0204. The smallest absolute Gasteiger partial charge is 0.321 e. The van der Waals surface area contributed by atoms with Crippen molar-refractivity contribution < 1.29 is 23.1 Å². The second-order valence-electron chi connectivity index (χ2n) is 6.82. The molecular formula is C17H25N3O5S. The highest BCUT2D eigenvalue weighted by Crippen LogP contribution is 2.30. The van der Waals surface area contributed by atoms with Gasteiger partial charge in [0, 0.05) is 24.5 Å². The standard InChI is InChI=1S/C17H25N3O5S/c1-3-4-11-26(24,25)19-14-7-5-13(6-8-14)18-16(23)20-10-9-17(2,12-20)15(21)22/h5-8,19H,3-4,9-12H2,1-2H3,(H,18,23)(H,21,22). The Balaban J connectivity index is 1.93. The van der Waals surface area contributed by atoms with Crippen molar-refractivity contribution in [2.45, 2.75) is 33.1 Å². The summed E-state index contributed by atoms with van der Waals surface area (Å²) in [4.78, 5) is 25.0. The summed E-state index contributed by atoms with van der Waals surface area (Å²) in [7, 11) is -3.37. The van der Waals surface area contributed by atoms with Crippen LogP contribution in [0.3, 0.4) is 0 Å². The van der Waals surface area contributed by atoms with Crippen molar-refractivity contribution in [3.05, 3.63) is 24.3 Å². The number of amides is 2. The summed E-state index contributed by atoms with van der Waals surface area (Å²) < 4.78 is 26.2. The first kappa shape index (κ1) is 20.0. The minimum atomic E-state index is -3.37. The largest absolute Gasteiger partial charge is 0.481 e. The van der Waals surface area contributed by atoms with Crippen LogP contribution in [-0.2, 0) is 14.8 Å². The number of carboxylic acids is 1. The zero-order chi connectivity index (χ0) is 19.4. The minimum absolute atomic E-state index is 0.0687. The molecule has 0 saturated carbocycles. The van der Waals surface area contributed by atoms with Crippen LogP contribution in [-0.4, -0.2) is 49.3 Å². The molecule has 0 radical (unpaired) electrons. The third-order valence-corrected chi connectivity index (χ3v) is 5.83. The molecule has 26 heavy (non-hydrogen) atoms. The second kappa shape index (κ2) is 7.94. The van der Waals surface area contributed by atoms with Crippen molar-refractivity contribution in [1.29, 1.82) is 0 Å². The molecular weight excluding hydrogens is 358 g/mol. The first-order valence-corrected chi connectivity index (χ1v) is 10.2. The van der Waals surface area contributed by atoms with Gasteiger partial charge in [-0.15, -0.1) is 0 Å². The molecule has 1 aliphatic rings. The van der Waals surface area contributed by atoms with Gasteiger partial charge in [-0.1, -0.05) is 13.3 Å². The number of rotatable bonds is 7. The Kier molecular flexibility index (Phi) is 6.12. The van der Waals surface area contributed by atoms with Crippen LogP contribution >= 0.6 is 0 Å². The summed E-state index contributed by atoms with van der Waals surface area (Å²) in [6.07, 6.45) is 1.80. The van der Waals surface area contributed by atoms with Crippen molar-refractivity contribution in [2.75, 3.05) is 28.9 Å². The molecule has 1 saturated heterocycles. The van der Waals surface area contributed by atoms with E-state index in [-0.39, 0.29) is 18.3 Å². The highest BCUT2D eigenvalue weighted by atomic mass is 32.2. The van der Waals surface area contributed by atoms with Gasteiger partial charge in [-0.2, -0.15) is 0 Å². The first-order chi connectivity index (χ1) is 12.1. The Morgan fingerprint density at radius 1 is 1.23 bits per heavy atom. The number of likely N-dealkylation sites (tertiary alicyclic amines) is 1. The number of nitrogens with one attached hydrogen (secondary N) is 2. The predicted octanol–water partition coefficient (Wildman–Crippen LogP) is 2.56. The van der Waals surface area contributed by atoms with Gasteiger partial charge >= 0.3 is 12.0 Å². The van der Waals surface area contributed by atoms with Gasteiger partial charge in [0.05, 0.1) is 11.2 Å². The topological polar surface area (TPSA) is 116 Å². The molecule has 1 unspecified atom stereocenters. The quantitative estimate of drug-likeness (QED) is 0.669. The van der Waals surface area contributed by atoms with Crippen molar-refractivity contribution in [2.24, 2.45) is 5.41 Å². The number of sulfonamides is 1. The molecule has 0 bridgehead atoms. The van der Waals surface area contributed by atoms with E-state index in [4.69, 9.17) is 0 Å². The molecule has 1 aliphatic heterocycles. The number of unbranched alkanes of at least 4 members (excludes halogenated alkanes) is 1. The molecule has 2 amide bonds. The normalized spacial score (nSPS) is 20.0. The SMILES string of the molecule is CCCCS(=O)(=O)Nc1ccc(NC(=O)N2CCC(C)(C(=O)O)C2)cc1. The van der Waals surface area contributed by atoms with E-state index in [9.17, 15) is 23.1 Å². The van der Waals surface area contributed by atoms with Crippen LogP contribution in [0.1, 0.15) is 33.1 Å². The van der Waals surface area contributed by atoms with Gasteiger partial charge in [0.15, 0.2) is 0 Å². The predicted molar refractivity (Wildman–Crippen MR) is 99.7 cm³/mol. The van der Waals surface area contributed by atoms with Crippen LogP contribution in [0.25, 0.3) is 0 Å². The van der Waals surface area contributed by atoms with Crippen molar-refractivity contribution >= 4 is 33.4 Å². The van der Waals surface area contributed by atoms with Crippen LogP contribution < -0.4 is 10.0 Å². The number of anilines is 2. The zero-order valence-corrected chi connectivity index (χ0v) is 15.8. The lowest BCUT2D eigenvalue weighted by atomic mass is 9.90. The number of urea groups is 1. The molecule has 8 nitrogen and oxygen atoms in total. The van der Waals surface area contributed by atoms with E-state index in [0.29, 0.717) is 30.8 Å². The average Bonchev–Trinajstić information content (AvgIpc) is 2.99. The van der Waals surface area contributed by atoms with Gasteiger partial charge in [-0.25, -0.2) is 13.2 Å². The summed E-state index contributed by atoms with van der Waals surface area (Å²) in [5.74, 6) is -0.841. The molecule has 0 aliphatic carbocycles. The summed E-state index contributed by atoms with van der Waals surface area (Å²) in [5, 5.41) is 11.9. The van der Waals surface area contributed by atoms with Crippen LogP contribution in [0.4, 0.5) is 16.2 Å². The Hall–Kier alpha value is -2.29. The number of carboxylic acid groups (broad SMARTS) is 1. The molecule has 0 spiro atoms. The fraction of sp³-hybridized carbons (Fsp3) is 0.529. The van der Waals surface area contributed by atoms with E-state index in [1.807, 2.05) is 6.92 Å². The summed E-state index contributed by atoms with van der Waals surface area (Å²) in [6, 6.07) is 5.98. The molecule has 1 aromatic rings. The van der Waals surface area contributed by atoms with Crippen LogP contribution in [0, 0.1) is 5.41 Å². The lowest BCUT2D eigenvalue weighted by molar-refractivity contribution is -0.146. The minimum Gasteiger partial charge on any atom is -0.481 e. The van der Waals surface area contributed by atoms with E-state index < -0.39 is 21.4 Å². The van der Waals surface area contributed by atoms with E-state index in [0.717, 1.165) is 6.42 Å². The Labute approximate surface area is 153 Å². The maximum atomic E-state index is 12.3. The molecule has 1 heterocycles. The molecule has 0 aromatic heterocycles. The van der Waals surface area contributed by atoms with E-state index in [1.165, 1.54) is 4.90 Å². The van der Waals surface area contributed by atoms with Gasteiger partial charge in [-0.05, 0) is 44.0 Å². The van der Waals surface area contributed by atoms with Gasteiger partial charge in [0.2, 0.25) is 10.0 Å². The number of carbonyl (C=O) groups excluding carboxylic acids is 1. The lowest BCUT2D eigenvalue weighted by Gasteiger charge is -2.20. The Morgan fingerprint density at radius 3 is 2.38 bits per heavy atom. The molecule has 3 N–H and O–H groups in total. The Morgan fingerprint density at radius 2 is 1.85 bits per heavy atom. The number of nitrogens with zero attached hydrogens (tertiary/aromatic N) is 1. The number of carbonyl (C=O) groups is 2. The second-order valence-corrected chi connectivity index (χ2v) is 8.66. The monoisotopic (exact) mass is 383 g/mol. The van der Waals surface area contributed by atoms with Crippen molar-refractivity contribution in [3.8, 4) is 0 Å². The molecule has 9 heteroatoms. The van der Waals surface area contributed by atoms with Gasteiger partial charge in [-0.3, -0.25) is 9.52 Å². The van der Waals surface area contributed by atoms with Gasteiger partial charge in [0.1, 0.15) is 0 Å². The molecule has 1 atom stereocenters. The third-order valence-electron chi connectivity index (χ3n) is 4.45. The summed E-state index contributed by atoms with van der Waals surface area (Å²) in [6.45, 7) is 4.09. The molecule has 144 valence electrons. The molecule has 1 fully saturated rings. The Bertz CT molecular complexity index is 763.